The minimum Gasteiger partial charge on any atom is -0.226 e. The number of alkyl halides is 2. The van der Waals surface area contributed by atoms with Crippen LogP contribution in [0.3, 0.4) is 0 Å². The molecule has 3 nitrogen and oxygen atoms in total. The zero-order valence-corrected chi connectivity index (χ0v) is 12.5. The van der Waals surface area contributed by atoms with Gasteiger partial charge in [-0.15, -0.1) is 10.2 Å². The number of hydrogen-bond acceptors (Lipinski definition) is 3. The normalized spacial score (nSPS) is 10.8. The van der Waals surface area contributed by atoms with Crippen LogP contribution in [-0.4, -0.2) is 15.2 Å². The van der Waals surface area contributed by atoms with Gasteiger partial charge in [0.2, 0.25) is 0 Å². The summed E-state index contributed by atoms with van der Waals surface area (Å²) in [6.45, 7) is 0. The molecule has 2 aromatic carbocycles. The van der Waals surface area contributed by atoms with Crippen LogP contribution in [0.25, 0.3) is 22.5 Å². The molecule has 0 saturated heterocycles. The van der Waals surface area contributed by atoms with Gasteiger partial charge in [0.1, 0.15) is 11.4 Å². The van der Waals surface area contributed by atoms with Gasteiger partial charge in [0.15, 0.2) is 10.7 Å². The van der Waals surface area contributed by atoms with E-state index in [-0.39, 0.29) is 0 Å². The van der Waals surface area contributed by atoms with Crippen LogP contribution in [0.5, 0.6) is 0 Å². The lowest BCUT2D eigenvalue weighted by molar-refractivity contribution is 0.896. The van der Waals surface area contributed by atoms with Crippen molar-refractivity contribution in [3.8, 4) is 22.5 Å². The summed E-state index contributed by atoms with van der Waals surface area (Å²) in [7, 11) is 0. The van der Waals surface area contributed by atoms with Crippen LogP contribution in [0.15, 0.2) is 60.7 Å². The average molecular weight is 316 g/mol. The maximum atomic E-state index is 5.86. The zero-order valence-electron chi connectivity index (χ0n) is 10.9. The Morgan fingerprint density at radius 3 is 1.71 bits per heavy atom. The van der Waals surface area contributed by atoms with E-state index in [0.717, 1.165) is 16.8 Å². The molecule has 0 aliphatic rings. The van der Waals surface area contributed by atoms with Crippen molar-refractivity contribution in [2.45, 2.75) is 4.84 Å². The highest BCUT2D eigenvalue weighted by atomic mass is 35.5. The van der Waals surface area contributed by atoms with Gasteiger partial charge in [-0.1, -0.05) is 83.9 Å². The molecule has 0 atom stereocenters. The summed E-state index contributed by atoms with van der Waals surface area (Å²) < 4.78 is 0. The lowest BCUT2D eigenvalue weighted by atomic mass is 10.0. The first-order valence-corrected chi connectivity index (χ1v) is 7.26. The van der Waals surface area contributed by atoms with Crippen molar-refractivity contribution in [2.24, 2.45) is 0 Å². The SMILES string of the molecule is ClC(Cl)c1nnc(-c2ccccc2)c(-c2ccccc2)n1. The number of nitrogens with zero attached hydrogens (tertiary/aromatic N) is 3. The molecule has 0 fully saturated rings. The quantitative estimate of drug-likeness (QED) is 0.658. The lowest BCUT2D eigenvalue weighted by Gasteiger charge is -2.09. The molecule has 0 spiro atoms. The Morgan fingerprint density at radius 1 is 0.667 bits per heavy atom. The fraction of sp³-hybridized carbons (Fsp3) is 0.0625. The van der Waals surface area contributed by atoms with Gasteiger partial charge in [-0.25, -0.2) is 4.98 Å². The van der Waals surface area contributed by atoms with Crippen molar-refractivity contribution in [1.29, 1.82) is 0 Å². The Bertz CT molecular complexity index is 731. The van der Waals surface area contributed by atoms with E-state index in [0.29, 0.717) is 11.5 Å². The second-order valence-electron chi connectivity index (χ2n) is 4.40. The van der Waals surface area contributed by atoms with Crippen LogP contribution in [0.2, 0.25) is 0 Å². The fourth-order valence-corrected chi connectivity index (χ4v) is 2.20. The summed E-state index contributed by atoms with van der Waals surface area (Å²) in [4.78, 5) is 3.68. The molecule has 5 heteroatoms. The van der Waals surface area contributed by atoms with Crippen molar-refractivity contribution in [1.82, 2.24) is 15.2 Å². The molecule has 0 N–H and O–H groups in total. The van der Waals surface area contributed by atoms with E-state index in [2.05, 4.69) is 15.2 Å². The minimum atomic E-state index is -0.801. The third-order valence-corrected chi connectivity index (χ3v) is 3.38. The van der Waals surface area contributed by atoms with Crippen molar-refractivity contribution in [3.05, 3.63) is 66.5 Å². The van der Waals surface area contributed by atoms with E-state index in [4.69, 9.17) is 23.2 Å². The van der Waals surface area contributed by atoms with Gasteiger partial charge >= 0.3 is 0 Å². The molecule has 0 aliphatic heterocycles. The Kier molecular flexibility index (Phi) is 4.13. The second-order valence-corrected chi connectivity index (χ2v) is 5.50. The molecule has 21 heavy (non-hydrogen) atoms. The smallest absolute Gasteiger partial charge is 0.184 e. The van der Waals surface area contributed by atoms with E-state index >= 15 is 0 Å². The van der Waals surface area contributed by atoms with Gasteiger partial charge in [0.25, 0.3) is 0 Å². The molecular formula is C16H11Cl2N3. The van der Waals surface area contributed by atoms with Crippen LogP contribution < -0.4 is 0 Å². The highest BCUT2D eigenvalue weighted by molar-refractivity contribution is 6.43. The Balaban J connectivity index is 2.21. The van der Waals surface area contributed by atoms with E-state index < -0.39 is 4.84 Å². The highest BCUT2D eigenvalue weighted by Gasteiger charge is 2.16. The van der Waals surface area contributed by atoms with Gasteiger partial charge in [0.05, 0.1) is 0 Å². The summed E-state index contributed by atoms with van der Waals surface area (Å²) in [6.07, 6.45) is 0. The first-order chi connectivity index (χ1) is 10.3. The summed E-state index contributed by atoms with van der Waals surface area (Å²) in [5, 5.41) is 8.28. The summed E-state index contributed by atoms with van der Waals surface area (Å²) in [5.74, 6) is 0.303. The molecule has 0 amide bonds. The fourth-order valence-electron chi connectivity index (χ4n) is 2.02. The number of benzene rings is 2. The molecule has 1 heterocycles. The standard InChI is InChI=1S/C16H11Cl2N3/c17-15(18)16-19-13(11-7-3-1-4-8-11)14(20-21-16)12-9-5-2-6-10-12/h1-10,15H. The van der Waals surface area contributed by atoms with Crippen LogP contribution >= 0.6 is 23.2 Å². The molecule has 0 unspecified atom stereocenters. The molecule has 1 aromatic heterocycles. The molecule has 0 saturated carbocycles. The number of hydrogen-bond donors (Lipinski definition) is 0. The Hall–Kier alpha value is -1.97. The van der Waals surface area contributed by atoms with E-state index in [1.807, 2.05) is 60.7 Å². The summed E-state index contributed by atoms with van der Waals surface area (Å²) in [6, 6.07) is 19.6. The van der Waals surface area contributed by atoms with Gasteiger partial charge in [-0.3, -0.25) is 0 Å². The second kappa shape index (κ2) is 6.20. The van der Waals surface area contributed by atoms with Crippen LogP contribution in [-0.2, 0) is 0 Å². The topological polar surface area (TPSA) is 38.7 Å². The van der Waals surface area contributed by atoms with E-state index in [1.54, 1.807) is 0 Å². The van der Waals surface area contributed by atoms with Crippen LogP contribution in [0.4, 0.5) is 0 Å². The lowest BCUT2D eigenvalue weighted by Crippen LogP contribution is -2.02. The maximum Gasteiger partial charge on any atom is 0.184 e. The monoisotopic (exact) mass is 315 g/mol. The predicted molar refractivity (Wildman–Crippen MR) is 85.1 cm³/mol. The van der Waals surface area contributed by atoms with Gasteiger partial charge in [-0.2, -0.15) is 0 Å². The van der Waals surface area contributed by atoms with E-state index in [9.17, 15) is 0 Å². The average Bonchev–Trinajstić information content (AvgIpc) is 2.56. The van der Waals surface area contributed by atoms with Gasteiger partial charge in [-0.05, 0) is 0 Å². The zero-order chi connectivity index (χ0) is 14.7. The number of aromatic nitrogens is 3. The number of rotatable bonds is 3. The predicted octanol–water partition coefficient (Wildman–Crippen LogP) is 4.68. The van der Waals surface area contributed by atoms with Crippen molar-refractivity contribution in [3.63, 3.8) is 0 Å². The van der Waals surface area contributed by atoms with Crippen molar-refractivity contribution >= 4 is 23.2 Å². The largest absolute Gasteiger partial charge is 0.226 e. The van der Waals surface area contributed by atoms with E-state index in [1.165, 1.54) is 0 Å². The molecule has 0 bridgehead atoms. The summed E-state index contributed by atoms with van der Waals surface area (Å²) in [5.41, 5.74) is 3.32. The first kappa shape index (κ1) is 14.0. The van der Waals surface area contributed by atoms with Crippen LogP contribution in [0, 0.1) is 0 Å². The van der Waals surface area contributed by atoms with Crippen molar-refractivity contribution in [2.75, 3.05) is 0 Å². The molecule has 0 aliphatic carbocycles. The molecule has 3 rings (SSSR count). The third kappa shape index (κ3) is 3.04. The Labute approximate surface area is 132 Å². The molecule has 3 aromatic rings. The number of halogens is 2. The molecule has 104 valence electrons. The Morgan fingerprint density at radius 2 is 1.19 bits per heavy atom. The van der Waals surface area contributed by atoms with Crippen LogP contribution in [0.1, 0.15) is 10.7 Å². The molecular weight excluding hydrogens is 305 g/mol. The van der Waals surface area contributed by atoms with Crippen molar-refractivity contribution < 1.29 is 0 Å². The summed E-state index contributed by atoms with van der Waals surface area (Å²) >= 11 is 11.7. The third-order valence-electron chi connectivity index (χ3n) is 2.99. The minimum absolute atomic E-state index is 0.303. The highest BCUT2D eigenvalue weighted by Crippen LogP contribution is 2.30. The first-order valence-electron chi connectivity index (χ1n) is 6.39. The van der Waals surface area contributed by atoms with Gasteiger partial charge in [0, 0.05) is 11.1 Å². The maximum absolute atomic E-state index is 5.86. The molecule has 0 radical (unpaired) electrons. The van der Waals surface area contributed by atoms with Gasteiger partial charge < -0.3 is 0 Å².